The highest BCUT2D eigenvalue weighted by atomic mass is 32.2. The summed E-state index contributed by atoms with van der Waals surface area (Å²) in [5, 5.41) is 0.263. The summed E-state index contributed by atoms with van der Waals surface area (Å²) < 4.78 is 54.2. The van der Waals surface area contributed by atoms with E-state index in [0.717, 1.165) is 62.7 Å². The molecule has 2 aromatic carbocycles. The van der Waals surface area contributed by atoms with Gasteiger partial charge in [0.1, 0.15) is 17.2 Å². The van der Waals surface area contributed by atoms with Crippen LogP contribution in [0.5, 0.6) is 5.75 Å². The molecule has 54 heavy (non-hydrogen) atoms. The molecule has 1 aliphatic heterocycles. The lowest BCUT2D eigenvalue weighted by atomic mass is 10.0. The molecule has 5 rings (SSSR count). The van der Waals surface area contributed by atoms with Crippen LogP contribution in [0.1, 0.15) is 63.2 Å². The number of carbonyl (C=O) groups is 3. The number of pyridine rings is 2. The number of anilines is 1. The molecule has 2 aromatic heterocycles. The molecule has 0 spiro atoms. The number of rotatable bonds is 14. The average molecular weight is 764 g/mol. The summed E-state index contributed by atoms with van der Waals surface area (Å²) >= 11 is 0. The van der Waals surface area contributed by atoms with E-state index in [0.29, 0.717) is 24.5 Å². The Morgan fingerprint density at radius 3 is 2.26 bits per heavy atom. The molecular formula is C38H45N5O10S. The van der Waals surface area contributed by atoms with Gasteiger partial charge in [0.05, 0.1) is 30.5 Å². The number of hydrogen-bond donors (Lipinski definition) is 3. The van der Waals surface area contributed by atoms with Gasteiger partial charge >= 0.3 is 12.1 Å². The molecule has 0 radical (unpaired) electrons. The average Bonchev–Trinajstić information content (AvgIpc) is 3.14. The smallest absolute Gasteiger partial charge is 0.426 e. The third kappa shape index (κ3) is 11.8. The first-order chi connectivity index (χ1) is 25.8. The third-order valence-electron chi connectivity index (χ3n) is 8.03. The molecular weight excluding hydrogens is 719 g/mol. The number of sulfonamides is 1. The quantitative estimate of drug-likeness (QED) is 0.0801. The van der Waals surface area contributed by atoms with Gasteiger partial charge in [0.25, 0.3) is 5.91 Å². The fourth-order valence-corrected chi connectivity index (χ4v) is 6.36. The van der Waals surface area contributed by atoms with Crippen molar-refractivity contribution in [3.63, 3.8) is 0 Å². The first-order valence-electron chi connectivity index (χ1n) is 17.5. The predicted molar refractivity (Wildman–Crippen MR) is 201 cm³/mol. The Labute approximate surface area is 314 Å². The molecule has 15 nitrogen and oxygen atoms in total. The van der Waals surface area contributed by atoms with Gasteiger partial charge in [-0.2, -0.15) is 0 Å². The van der Waals surface area contributed by atoms with Crippen molar-refractivity contribution < 1.29 is 46.5 Å². The number of nitrogens with one attached hydrogen (secondary N) is 3. The van der Waals surface area contributed by atoms with Crippen LogP contribution >= 0.6 is 0 Å². The van der Waals surface area contributed by atoms with Crippen LogP contribution in [0, 0.1) is 0 Å². The zero-order chi connectivity index (χ0) is 38.7. The number of hydrazine groups is 1. The number of aromatic nitrogens is 2. The fraction of sp³-hybridized carbons (Fsp3) is 0.395. The van der Waals surface area contributed by atoms with E-state index in [9.17, 15) is 22.8 Å². The van der Waals surface area contributed by atoms with Crippen molar-refractivity contribution >= 4 is 44.7 Å². The summed E-state index contributed by atoms with van der Waals surface area (Å²) in [6.07, 6.45) is 5.28. The van der Waals surface area contributed by atoms with Gasteiger partial charge in [0.2, 0.25) is 10.0 Å². The van der Waals surface area contributed by atoms with Gasteiger partial charge in [-0.25, -0.2) is 28.6 Å². The van der Waals surface area contributed by atoms with Gasteiger partial charge < -0.3 is 23.7 Å². The Balaban J connectivity index is 1.30. The Morgan fingerprint density at radius 2 is 1.59 bits per heavy atom. The highest BCUT2D eigenvalue weighted by Gasteiger charge is 2.21. The van der Waals surface area contributed by atoms with Crippen molar-refractivity contribution in [2.24, 2.45) is 0 Å². The van der Waals surface area contributed by atoms with Crippen LogP contribution in [0.3, 0.4) is 0 Å². The van der Waals surface area contributed by atoms with Crippen LogP contribution in [0.2, 0.25) is 0 Å². The monoisotopic (exact) mass is 763 g/mol. The minimum atomic E-state index is -4.15. The molecule has 0 bridgehead atoms. The molecule has 1 fully saturated rings. The Hall–Kier alpha value is -5.32. The topological polar surface area (TPSA) is 193 Å². The van der Waals surface area contributed by atoms with Crippen molar-refractivity contribution in [3.8, 4) is 28.1 Å². The lowest BCUT2D eigenvalue weighted by molar-refractivity contribution is -0.162. The Morgan fingerprint density at radius 1 is 0.907 bits per heavy atom. The second-order valence-corrected chi connectivity index (χ2v) is 15.2. The van der Waals surface area contributed by atoms with Crippen molar-refractivity contribution in [1.82, 2.24) is 20.8 Å². The van der Waals surface area contributed by atoms with Crippen LogP contribution < -0.4 is 20.3 Å². The second kappa shape index (κ2) is 18.1. The van der Waals surface area contributed by atoms with E-state index in [1.54, 1.807) is 20.8 Å². The largest absolute Gasteiger partial charge is 0.494 e. The van der Waals surface area contributed by atoms with E-state index in [-0.39, 0.29) is 28.6 Å². The Bertz CT molecular complexity index is 2030. The number of fused-ring (bicyclic) bond motifs is 1. The summed E-state index contributed by atoms with van der Waals surface area (Å²) in [6.45, 7) is 7.05. The molecule has 3 heterocycles. The van der Waals surface area contributed by atoms with Crippen LogP contribution in [0.25, 0.3) is 33.3 Å². The van der Waals surface area contributed by atoms with Crippen molar-refractivity contribution in [3.05, 3.63) is 72.4 Å². The number of esters is 1. The number of unbranched alkanes of at least 4 members (excludes halogenated alkanes) is 1. The summed E-state index contributed by atoms with van der Waals surface area (Å²) in [6, 6.07) is 18.2. The third-order valence-corrected chi connectivity index (χ3v) is 9.16. The first-order valence-corrected chi connectivity index (χ1v) is 19.2. The molecule has 2 amide bonds. The molecule has 0 saturated carbocycles. The molecule has 16 heteroatoms. The Kier molecular flexibility index (Phi) is 13.4. The standard InChI is InChI=1S/C38H45N5O10S/c1-38(2,3)53-37(46)42-41-36(45)29-21-31(40-32-22-33(39-23-30(29)32)43-54(47,48)24-34(44)49-4)27-12-10-25(11-13-27)26-14-16-28(17-15-26)50-18-7-8-20-52-35-9-5-6-19-51-35/h10-17,21-23,35H,5-9,18-20,24H2,1-4H3,(H,39,43)(H,41,45)(H,42,46). The zero-order valence-corrected chi connectivity index (χ0v) is 31.5. The number of carbonyl (C=O) groups excluding carboxylic acids is 3. The lowest BCUT2D eigenvalue weighted by Gasteiger charge is -2.22. The van der Waals surface area contributed by atoms with Gasteiger partial charge in [0, 0.05) is 36.4 Å². The SMILES string of the molecule is COC(=O)CS(=O)(=O)Nc1cc2nc(-c3ccc(-c4ccc(OCCCCOC5CCCCO5)cc4)cc3)cc(C(=O)NNC(=O)OC(C)(C)C)c2cn1. The maximum atomic E-state index is 13.4. The van der Waals surface area contributed by atoms with E-state index in [1.165, 1.54) is 18.3 Å². The van der Waals surface area contributed by atoms with Gasteiger partial charge in [-0.3, -0.25) is 19.7 Å². The number of nitrogens with zero attached hydrogens (tertiary/aromatic N) is 2. The highest BCUT2D eigenvalue weighted by molar-refractivity contribution is 7.93. The number of ether oxygens (including phenoxy) is 5. The van der Waals surface area contributed by atoms with E-state index < -0.39 is 39.3 Å². The minimum absolute atomic E-state index is 0.0771. The summed E-state index contributed by atoms with van der Waals surface area (Å²) in [7, 11) is -3.08. The summed E-state index contributed by atoms with van der Waals surface area (Å²) in [5.41, 5.74) is 7.00. The van der Waals surface area contributed by atoms with E-state index in [2.05, 4.69) is 25.3 Å². The molecule has 0 aliphatic carbocycles. The maximum Gasteiger partial charge on any atom is 0.426 e. The van der Waals surface area contributed by atoms with Gasteiger partial charge in [0.15, 0.2) is 12.0 Å². The van der Waals surface area contributed by atoms with Crippen LogP contribution in [0.15, 0.2) is 66.9 Å². The van der Waals surface area contributed by atoms with Crippen molar-refractivity contribution in [2.45, 2.75) is 64.8 Å². The van der Waals surface area contributed by atoms with Gasteiger partial charge in [-0.05, 0) is 82.2 Å². The van der Waals surface area contributed by atoms with Gasteiger partial charge in [-0.1, -0.05) is 36.4 Å². The van der Waals surface area contributed by atoms with Crippen LogP contribution in [0.4, 0.5) is 10.6 Å². The second-order valence-electron chi connectivity index (χ2n) is 13.5. The van der Waals surface area contributed by atoms with Crippen LogP contribution in [-0.4, -0.2) is 80.9 Å². The van der Waals surface area contributed by atoms with E-state index >= 15 is 0 Å². The van der Waals surface area contributed by atoms with Gasteiger partial charge in [-0.15, -0.1) is 0 Å². The summed E-state index contributed by atoms with van der Waals surface area (Å²) in [5.74, 6) is -1.94. The summed E-state index contributed by atoms with van der Waals surface area (Å²) in [4.78, 5) is 46.0. The molecule has 1 saturated heterocycles. The number of hydrogen-bond acceptors (Lipinski definition) is 12. The number of methoxy groups -OCH3 is 1. The first kappa shape index (κ1) is 39.9. The molecule has 3 N–H and O–H groups in total. The van der Waals surface area contributed by atoms with Crippen molar-refractivity contribution in [1.29, 1.82) is 0 Å². The number of benzene rings is 2. The maximum absolute atomic E-state index is 13.4. The highest BCUT2D eigenvalue weighted by Crippen LogP contribution is 2.29. The molecule has 1 atom stereocenters. The molecule has 1 aliphatic rings. The molecule has 288 valence electrons. The predicted octanol–water partition coefficient (Wildman–Crippen LogP) is 5.75. The zero-order valence-electron chi connectivity index (χ0n) is 30.7. The van der Waals surface area contributed by atoms with E-state index in [4.69, 9.17) is 23.9 Å². The lowest BCUT2D eigenvalue weighted by Crippen LogP contribution is -2.44. The number of amides is 2. The van der Waals surface area contributed by atoms with E-state index in [1.807, 2.05) is 48.5 Å². The fourth-order valence-electron chi connectivity index (χ4n) is 5.43. The van der Waals surface area contributed by atoms with Crippen molar-refractivity contribution in [2.75, 3.05) is 37.4 Å². The molecule has 1 unspecified atom stereocenters. The minimum Gasteiger partial charge on any atom is -0.494 e. The molecule has 4 aromatic rings. The van der Waals surface area contributed by atoms with Crippen LogP contribution in [-0.2, 0) is 33.8 Å². The normalized spacial score (nSPS) is 14.6.